The quantitative estimate of drug-likeness (QED) is 0.723. The summed E-state index contributed by atoms with van der Waals surface area (Å²) < 4.78 is 0. The molecular formula is C18H27N3O2. The minimum absolute atomic E-state index is 0.0391. The number of likely N-dealkylation sites (tertiary alicyclic amines) is 1. The van der Waals surface area contributed by atoms with E-state index in [1.165, 1.54) is 0 Å². The smallest absolute Gasteiger partial charge is 0.224 e. The number of carbonyl (C=O) groups excluding carboxylic acids is 2. The first-order valence-corrected chi connectivity index (χ1v) is 8.50. The van der Waals surface area contributed by atoms with Gasteiger partial charge in [-0.1, -0.05) is 12.1 Å². The van der Waals surface area contributed by atoms with Gasteiger partial charge in [-0.25, -0.2) is 0 Å². The molecule has 2 N–H and O–H groups in total. The average molecular weight is 317 g/mol. The molecule has 1 saturated heterocycles. The number of amides is 2. The van der Waals surface area contributed by atoms with Crippen LogP contribution in [0.1, 0.15) is 37.7 Å². The van der Waals surface area contributed by atoms with Crippen LogP contribution in [0, 0.1) is 0 Å². The Morgan fingerprint density at radius 1 is 1.09 bits per heavy atom. The zero-order valence-corrected chi connectivity index (χ0v) is 13.9. The van der Waals surface area contributed by atoms with Crippen LogP contribution in [0.15, 0.2) is 24.3 Å². The molecule has 2 amide bonds. The molecular weight excluding hydrogens is 290 g/mol. The first-order chi connectivity index (χ1) is 11.2. The van der Waals surface area contributed by atoms with E-state index in [1.807, 2.05) is 36.2 Å². The summed E-state index contributed by atoms with van der Waals surface area (Å²) in [7, 11) is 1.88. The van der Waals surface area contributed by atoms with E-state index < -0.39 is 0 Å². The van der Waals surface area contributed by atoms with Crippen molar-refractivity contribution in [1.29, 1.82) is 0 Å². The maximum atomic E-state index is 12.0. The van der Waals surface area contributed by atoms with Gasteiger partial charge in [-0.3, -0.25) is 9.59 Å². The predicted molar refractivity (Wildman–Crippen MR) is 92.4 cm³/mol. The summed E-state index contributed by atoms with van der Waals surface area (Å²) in [6, 6.07) is 7.79. The third-order valence-corrected chi connectivity index (χ3v) is 4.15. The number of nitrogens with zero attached hydrogens (tertiary/aromatic N) is 1. The molecule has 0 aliphatic carbocycles. The fraction of sp³-hybridized carbons (Fsp3) is 0.556. The van der Waals surface area contributed by atoms with E-state index in [0.717, 1.165) is 56.6 Å². The Morgan fingerprint density at radius 2 is 1.78 bits per heavy atom. The van der Waals surface area contributed by atoms with Crippen LogP contribution in [0.2, 0.25) is 0 Å². The van der Waals surface area contributed by atoms with Crippen LogP contribution in [0.5, 0.6) is 0 Å². The molecule has 5 heteroatoms. The number of aryl methyl sites for hydroxylation is 1. The van der Waals surface area contributed by atoms with Crippen molar-refractivity contribution in [3.05, 3.63) is 29.8 Å². The highest BCUT2D eigenvalue weighted by Crippen LogP contribution is 2.14. The van der Waals surface area contributed by atoms with E-state index in [9.17, 15) is 9.59 Å². The standard InChI is InChI=1S/C18H27N3O2/c1-19-12-4-5-17(22)20-16-9-6-15(7-10-16)8-11-18(23)21-13-2-3-14-21/h6-7,9-10,19H,2-5,8,11-14H2,1H3,(H,20,22). The first-order valence-electron chi connectivity index (χ1n) is 8.50. The molecule has 0 unspecified atom stereocenters. The van der Waals surface area contributed by atoms with E-state index in [4.69, 9.17) is 0 Å². The lowest BCUT2D eigenvalue weighted by Gasteiger charge is -2.15. The zero-order chi connectivity index (χ0) is 16.5. The van der Waals surface area contributed by atoms with Crippen LogP contribution in [0.25, 0.3) is 0 Å². The number of carbonyl (C=O) groups is 2. The summed E-state index contributed by atoms with van der Waals surface area (Å²) in [5.41, 5.74) is 1.94. The van der Waals surface area contributed by atoms with Gasteiger partial charge in [0.25, 0.3) is 0 Å². The van der Waals surface area contributed by atoms with Crippen LogP contribution in [0.4, 0.5) is 5.69 Å². The molecule has 126 valence electrons. The van der Waals surface area contributed by atoms with Crippen LogP contribution in [-0.4, -0.2) is 43.4 Å². The van der Waals surface area contributed by atoms with Gasteiger partial charge in [0.05, 0.1) is 0 Å². The van der Waals surface area contributed by atoms with Crippen LogP contribution < -0.4 is 10.6 Å². The van der Waals surface area contributed by atoms with Gasteiger partial charge >= 0.3 is 0 Å². The molecule has 1 aromatic carbocycles. The van der Waals surface area contributed by atoms with Gasteiger partial charge < -0.3 is 15.5 Å². The predicted octanol–water partition coefficient (Wildman–Crippen LogP) is 2.18. The van der Waals surface area contributed by atoms with Gasteiger partial charge in [0.1, 0.15) is 0 Å². The number of benzene rings is 1. The minimum Gasteiger partial charge on any atom is -0.343 e. The van der Waals surface area contributed by atoms with E-state index in [0.29, 0.717) is 12.8 Å². The fourth-order valence-electron chi connectivity index (χ4n) is 2.78. The van der Waals surface area contributed by atoms with Gasteiger partial charge in [0.15, 0.2) is 0 Å². The maximum absolute atomic E-state index is 12.0. The molecule has 0 aromatic heterocycles. The Kier molecular flexibility index (Phi) is 7.07. The monoisotopic (exact) mass is 317 g/mol. The van der Waals surface area contributed by atoms with Crippen LogP contribution >= 0.6 is 0 Å². The molecule has 0 bridgehead atoms. The number of hydrogen-bond donors (Lipinski definition) is 2. The average Bonchev–Trinajstić information content (AvgIpc) is 3.09. The van der Waals surface area contributed by atoms with Crippen molar-refractivity contribution in [2.45, 2.75) is 38.5 Å². The highest BCUT2D eigenvalue weighted by atomic mass is 16.2. The van der Waals surface area contributed by atoms with E-state index >= 15 is 0 Å². The molecule has 1 heterocycles. The van der Waals surface area contributed by atoms with Crippen molar-refractivity contribution in [2.24, 2.45) is 0 Å². The van der Waals surface area contributed by atoms with E-state index in [2.05, 4.69) is 10.6 Å². The molecule has 1 aromatic rings. The van der Waals surface area contributed by atoms with Crippen molar-refractivity contribution in [3.63, 3.8) is 0 Å². The van der Waals surface area contributed by atoms with Gasteiger partial charge in [-0.05, 0) is 57.0 Å². The van der Waals surface area contributed by atoms with Gasteiger partial charge in [0, 0.05) is 31.6 Å². The van der Waals surface area contributed by atoms with Crippen molar-refractivity contribution >= 4 is 17.5 Å². The largest absolute Gasteiger partial charge is 0.343 e. The van der Waals surface area contributed by atoms with Gasteiger partial charge in [-0.2, -0.15) is 0 Å². The Morgan fingerprint density at radius 3 is 2.43 bits per heavy atom. The van der Waals surface area contributed by atoms with Gasteiger partial charge in [0.2, 0.25) is 11.8 Å². The molecule has 1 fully saturated rings. The van der Waals surface area contributed by atoms with Crippen LogP contribution in [0.3, 0.4) is 0 Å². The van der Waals surface area contributed by atoms with Gasteiger partial charge in [-0.15, -0.1) is 0 Å². The lowest BCUT2D eigenvalue weighted by Crippen LogP contribution is -2.27. The topological polar surface area (TPSA) is 61.4 Å². The Hall–Kier alpha value is -1.88. The summed E-state index contributed by atoms with van der Waals surface area (Å²) in [5.74, 6) is 0.293. The second kappa shape index (κ2) is 9.30. The van der Waals surface area contributed by atoms with E-state index in [-0.39, 0.29) is 11.8 Å². The van der Waals surface area contributed by atoms with E-state index in [1.54, 1.807) is 0 Å². The Bertz CT molecular complexity index is 508. The maximum Gasteiger partial charge on any atom is 0.224 e. The summed E-state index contributed by atoms with van der Waals surface area (Å²) in [4.78, 5) is 25.7. The lowest BCUT2D eigenvalue weighted by molar-refractivity contribution is -0.130. The molecule has 23 heavy (non-hydrogen) atoms. The number of hydrogen-bond acceptors (Lipinski definition) is 3. The highest BCUT2D eigenvalue weighted by Gasteiger charge is 2.17. The molecule has 0 atom stereocenters. The molecule has 0 radical (unpaired) electrons. The normalized spacial score (nSPS) is 14.0. The zero-order valence-electron chi connectivity index (χ0n) is 13.9. The first kappa shape index (κ1) is 17.5. The van der Waals surface area contributed by atoms with Crippen molar-refractivity contribution in [3.8, 4) is 0 Å². The Labute approximate surface area is 138 Å². The van der Waals surface area contributed by atoms with Crippen molar-refractivity contribution in [2.75, 3.05) is 32.0 Å². The number of rotatable bonds is 8. The molecule has 0 saturated carbocycles. The minimum atomic E-state index is 0.0391. The molecule has 0 spiro atoms. The molecule has 1 aliphatic rings. The molecule has 2 rings (SSSR count). The number of anilines is 1. The molecule has 5 nitrogen and oxygen atoms in total. The summed E-state index contributed by atoms with van der Waals surface area (Å²) in [6.07, 6.45) is 4.94. The second-order valence-electron chi connectivity index (χ2n) is 6.04. The third-order valence-electron chi connectivity index (χ3n) is 4.15. The SMILES string of the molecule is CNCCCC(=O)Nc1ccc(CCC(=O)N2CCCC2)cc1. The summed E-state index contributed by atoms with van der Waals surface area (Å²) >= 11 is 0. The lowest BCUT2D eigenvalue weighted by atomic mass is 10.1. The van der Waals surface area contributed by atoms with Crippen LogP contribution in [-0.2, 0) is 16.0 Å². The Balaban J connectivity index is 1.73. The van der Waals surface area contributed by atoms with Crippen molar-refractivity contribution in [1.82, 2.24) is 10.2 Å². The summed E-state index contributed by atoms with van der Waals surface area (Å²) in [5, 5.41) is 5.92. The summed E-state index contributed by atoms with van der Waals surface area (Å²) in [6.45, 7) is 2.67. The third kappa shape index (κ3) is 6.02. The highest BCUT2D eigenvalue weighted by molar-refractivity contribution is 5.90. The number of nitrogens with one attached hydrogen (secondary N) is 2. The second-order valence-corrected chi connectivity index (χ2v) is 6.04. The van der Waals surface area contributed by atoms with Crippen molar-refractivity contribution < 1.29 is 9.59 Å². The molecule has 1 aliphatic heterocycles. The fourth-order valence-corrected chi connectivity index (χ4v) is 2.78.